The van der Waals surface area contributed by atoms with Crippen LogP contribution in [0.3, 0.4) is 0 Å². The molecule has 0 spiro atoms. The molecule has 2 aromatic carbocycles. The summed E-state index contributed by atoms with van der Waals surface area (Å²) < 4.78 is 5.19. The van der Waals surface area contributed by atoms with E-state index in [0.29, 0.717) is 6.54 Å². The summed E-state index contributed by atoms with van der Waals surface area (Å²) >= 11 is 1.37. The number of likely N-dealkylation sites (N-methyl/N-ethyl adjacent to an activating group) is 1. The summed E-state index contributed by atoms with van der Waals surface area (Å²) in [5.74, 6) is 0.710. The van der Waals surface area contributed by atoms with Crippen LogP contribution in [0.4, 0.5) is 5.69 Å². The first-order valence-corrected chi connectivity index (χ1v) is 9.69. The summed E-state index contributed by atoms with van der Waals surface area (Å²) in [5.41, 5.74) is 1.12. The lowest BCUT2D eigenvalue weighted by atomic mass is 10.1. The highest BCUT2D eigenvalue weighted by Crippen LogP contribution is 2.26. The molecule has 0 aliphatic carbocycles. The van der Waals surface area contributed by atoms with E-state index in [1.165, 1.54) is 23.9 Å². The van der Waals surface area contributed by atoms with E-state index in [1.807, 2.05) is 45.3 Å². The molecule has 1 N–H and O–H groups in total. The minimum atomic E-state index is -0.439. The van der Waals surface area contributed by atoms with Crippen LogP contribution in [0.5, 0.6) is 5.75 Å². The minimum Gasteiger partial charge on any atom is -0.497 e. The average Bonchev–Trinajstić information content (AvgIpc) is 2.68. The molecule has 2 aromatic rings. The molecule has 0 aromatic heterocycles. The van der Waals surface area contributed by atoms with Crippen molar-refractivity contribution in [1.29, 1.82) is 0 Å². The first-order chi connectivity index (χ1) is 13.3. The van der Waals surface area contributed by atoms with Gasteiger partial charge in [0.05, 0.1) is 23.3 Å². The molecule has 2 rings (SSSR count). The molecule has 0 bridgehead atoms. The molecule has 0 heterocycles. The molecule has 2 unspecified atom stereocenters. The van der Waals surface area contributed by atoms with Gasteiger partial charge < -0.3 is 15.0 Å². The maximum atomic E-state index is 12.5. The Labute approximate surface area is 169 Å². The molecule has 0 radical (unpaired) electrons. The largest absolute Gasteiger partial charge is 0.497 e. The summed E-state index contributed by atoms with van der Waals surface area (Å²) in [6, 6.07) is 14.0. The van der Waals surface area contributed by atoms with Crippen molar-refractivity contribution in [2.75, 3.05) is 27.7 Å². The number of thioether (sulfide) groups is 1. The van der Waals surface area contributed by atoms with Crippen molar-refractivity contribution in [3.63, 3.8) is 0 Å². The number of carbonyl (C=O) groups is 1. The van der Waals surface area contributed by atoms with Gasteiger partial charge in [-0.15, -0.1) is 11.8 Å². The normalized spacial score (nSPS) is 13.0. The van der Waals surface area contributed by atoms with Crippen LogP contribution in [0.2, 0.25) is 0 Å². The Bertz CT molecular complexity index is 794. The maximum absolute atomic E-state index is 12.5. The van der Waals surface area contributed by atoms with Gasteiger partial charge in [0.1, 0.15) is 5.75 Å². The van der Waals surface area contributed by atoms with Gasteiger partial charge in [0.2, 0.25) is 5.91 Å². The Morgan fingerprint density at radius 1 is 1.18 bits per heavy atom. The zero-order chi connectivity index (χ0) is 20.7. The van der Waals surface area contributed by atoms with E-state index in [4.69, 9.17) is 4.74 Å². The van der Waals surface area contributed by atoms with Crippen LogP contribution in [-0.4, -0.2) is 48.7 Å². The SMILES string of the molecule is COc1ccc(C(CNC(=O)C(C)Sc2ccc([N+](=O)[O-])cc2)N(C)C)cc1. The molecule has 0 aliphatic heterocycles. The third kappa shape index (κ3) is 5.97. The van der Waals surface area contributed by atoms with Gasteiger partial charge in [-0.2, -0.15) is 0 Å². The van der Waals surface area contributed by atoms with Crippen LogP contribution in [0.1, 0.15) is 18.5 Å². The van der Waals surface area contributed by atoms with Crippen LogP contribution in [0.15, 0.2) is 53.4 Å². The Kier molecular flexibility index (Phi) is 7.83. The van der Waals surface area contributed by atoms with Crippen molar-refractivity contribution in [3.8, 4) is 5.75 Å². The third-order valence-electron chi connectivity index (χ3n) is 4.32. The molecule has 0 saturated carbocycles. The maximum Gasteiger partial charge on any atom is 0.269 e. The fourth-order valence-electron chi connectivity index (χ4n) is 2.67. The number of amides is 1. The average molecular weight is 404 g/mol. The number of ether oxygens (including phenoxy) is 1. The molecule has 7 nitrogen and oxygen atoms in total. The fourth-order valence-corrected chi connectivity index (χ4v) is 3.56. The fraction of sp³-hybridized carbons (Fsp3) is 0.350. The highest BCUT2D eigenvalue weighted by Gasteiger charge is 2.19. The molecule has 0 saturated heterocycles. The number of nitro benzene ring substituents is 1. The number of non-ortho nitro benzene ring substituents is 1. The van der Waals surface area contributed by atoms with Gasteiger partial charge >= 0.3 is 0 Å². The quantitative estimate of drug-likeness (QED) is 0.392. The molecule has 28 heavy (non-hydrogen) atoms. The van der Waals surface area contributed by atoms with Crippen molar-refractivity contribution in [1.82, 2.24) is 10.2 Å². The second-order valence-corrected chi connectivity index (χ2v) is 7.92. The van der Waals surface area contributed by atoms with E-state index in [-0.39, 0.29) is 22.9 Å². The lowest BCUT2D eigenvalue weighted by Crippen LogP contribution is -2.38. The lowest BCUT2D eigenvalue weighted by Gasteiger charge is -2.26. The molecular weight excluding hydrogens is 378 g/mol. The molecule has 2 atom stereocenters. The number of carbonyl (C=O) groups excluding carboxylic acids is 1. The van der Waals surface area contributed by atoms with Crippen LogP contribution >= 0.6 is 11.8 Å². The number of benzene rings is 2. The number of nitro groups is 1. The number of methoxy groups -OCH3 is 1. The van der Waals surface area contributed by atoms with Crippen LogP contribution < -0.4 is 10.1 Å². The van der Waals surface area contributed by atoms with Gasteiger partial charge in [0.15, 0.2) is 0 Å². The monoisotopic (exact) mass is 403 g/mol. The molecule has 1 amide bonds. The van der Waals surface area contributed by atoms with Crippen molar-refractivity contribution >= 4 is 23.4 Å². The van der Waals surface area contributed by atoms with Gasteiger partial charge in [0.25, 0.3) is 5.69 Å². The molecule has 150 valence electrons. The van der Waals surface area contributed by atoms with Gasteiger partial charge in [-0.3, -0.25) is 14.9 Å². The van der Waals surface area contributed by atoms with E-state index < -0.39 is 4.92 Å². The predicted molar refractivity (Wildman–Crippen MR) is 111 cm³/mol. The molecule has 0 aliphatic rings. The highest BCUT2D eigenvalue weighted by molar-refractivity contribution is 8.00. The Hall–Kier alpha value is -2.58. The second-order valence-electron chi connectivity index (χ2n) is 6.51. The summed E-state index contributed by atoms with van der Waals surface area (Å²) in [7, 11) is 5.56. The highest BCUT2D eigenvalue weighted by atomic mass is 32.2. The number of rotatable bonds is 9. The lowest BCUT2D eigenvalue weighted by molar-refractivity contribution is -0.384. The van der Waals surface area contributed by atoms with Crippen molar-refractivity contribution < 1.29 is 14.5 Å². The Morgan fingerprint density at radius 3 is 2.29 bits per heavy atom. The van der Waals surface area contributed by atoms with Gasteiger partial charge in [-0.25, -0.2) is 0 Å². The second kappa shape index (κ2) is 10.1. The summed E-state index contributed by atoms with van der Waals surface area (Å²) in [4.78, 5) is 25.7. The van der Waals surface area contributed by atoms with E-state index in [1.54, 1.807) is 19.2 Å². The summed E-state index contributed by atoms with van der Waals surface area (Å²) in [6.45, 7) is 2.29. The van der Waals surface area contributed by atoms with Crippen LogP contribution in [-0.2, 0) is 4.79 Å². The van der Waals surface area contributed by atoms with Crippen molar-refractivity contribution in [3.05, 3.63) is 64.2 Å². The zero-order valence-electron chi connectivity index (χ0n) is 16.4. The number of nitrogens with one attached hydrogen (secondary N) is 1. The van der Waals surface area contributed by atoms with E-state index in [0.717, 1.165) is 16.2 Å². The van der Waals surface area contributed by atoms with Crippen LogP contribution in [0, 0.1) is 10.1 Å². The number of nitrogens with zero attached hydrogens (tertiary/aromatic N) is 2. The molecule has 8 heteroatoms. The zero-order valence-corrected chi connectivity index (χ0v) is 17.2. The van der Waals surface area contributed by atoms with Gasteiger partial charge in [0, 0.05) is 23.6 Å². The van der Waals surface area contributed by atoms with Gasteiger partial charge in [-0.1, -0.05) is 12.1 Å². The number of hydrogen-bond acceptors (Lipinski definition) is 6. The van der Waals surface area contributed by atoms with E-state index in [2.05, 4.69) is 10.2 Å². The number of hydrogen-bond donors (Lipinski definition) is 1. The summed E-state index contributed by atoms with van der Waals surface area (Å²) in [6.07, 6.45) is 0. The van der Waals surface area contributed by atoms with E-state index in [9.17, 15) is 14.9 Å². The van der Waals surface area contributed by atoms with Crippen LogP contribution in [0.25, 0.3) is 0 Å². The smallest absolute Gasteiger partial charge is 0.269 e. The standard InChI is InChI=1S/C20H25N3O4S/c1-14(28-18-11-7-16(8-12-18)23(25)26)20(24)21-13-19(22(2)3)15-5-9-17(27-4)10-6-15/h5-12,14,19H,13H2,1-4H3,(H,21,24). The Balaban J connectivity index is 1.94. The predicted octanol–water partition coefficient (Wildman–Crippen LogP) is 3.50. The minimum absolute atomic E-state index is 0.0337. The molecule has 0 fully saturated rings. The Morgan fingerprint density at radius 2 is 1.79 bits per heavy atom. The summed E-state index contributed by atoms with van der Waals surface area (Å²) in [5, 5.41) is 13.4. The third-order valence-corrected chi connectivity index (χ3v) is 5.44. The topological polar surface area (TPSA) is 84.7 Å². The van der Waals surface area contributed by atoms with Crippen molar-refractivity contribution in [2.45, 2.75) is 23.1 Å². The molecular formula is C20H25N3O4S. The first kappa shape index (κ1) is 21.7. The van der Waals surface area contributed by atoms with E-state index >= 15 is 0 Å². The first-order valence-electron chi connectivity index (χ1n) is 8.81. The van der Waals surface area contributed by atoms with Crippen molar-refractivity contribution in [2.24, 2.45) is 0 Å². The van der Waals surface area contributed by atoms with Gasteiger partial charge in [-0.05, 0) is 50.8 Å².